The molecular weight excluding hydrogens is 264 g/mol. The van der Waals surface area contributed by atoms with Gasteiger partial charge in [-0.2, -0.15) is 4.98 Å². The topological polar surface area (TPSA) is 77.8 Å². The van der Waals surface area contributed by atoms with Crippen LogP contribution in [0.15, 0.2) is 41.1 Å². The van der Waals surface area contributed by atoms with Gasteiger partial charge in [0, 0.05) is 11.6 Å². The summed E-state index contributed by atoms with van der Waals surface area (Å²) in [5, 5.41) is 6.14. The molecule has 0 saturated carbocycles. The van der Waals surface area contributed by atoms with Crippen LogP contribution in [0.2, 0.25) is 0 Å². The lowest BCUT2D eigenvalue weighted by Gasteiger charge is -2.08. The van der Waals surface area contributed by atoms with E-state index in [4.69, 9.17) is 10.3 Å². The zero-order chi connectivity index (χ0) is 14.8. The van der Waals surface area contributed by atoms with Crippen molar-refractivity contribution in [1.29, 1.82) is 0 Å². The van der Waals surface area contributed by atoms with Gasteiger partial charge in [-0.25, -0.2) is 0 Å². The second kappa shape index (κ2) is 5.61. The number of hydrogen-bond donors (Lipinski definition) is 1. The first-order chi connectivity index (χ1) is 10.1. The van der Waals surface area contributed by atoms with E-state index >= 15 is 0 Å². The number of nitrogens with zero attached hydrogens (tertiary/aromatic N) is 3. The van der Waals surface area contributed by atoms with Gasteiger partial charge in [-0.15, -0.1) is 0 Å². The molecule has 2 heterocycles. The number of pyridine rings is 1. The molecule has 0 radical (unpaired) electrons. The van der Waals surface area contributed by atoms with Crippen molar-refractivity contribution in [3.05, 3.63) is 42.4 Å². The molecule has 5 heteroatoms. The standard InChI is InChI=1S/C16H18N4O/c1-10(2)9-13(17)16-19-15(20-21-16)14-12-6-4-3-5-11(12)7-8-18-14/h3-8,10,13H,9,17H2,1-2H3. The Labute approximate surface area is 123 Å². The van der Waals surface area contributed by atoms with E-state index in [-0.39, 0.29) is 6.04 Å². The van der Waals surface area contributed by atoms with Crippen molar-refractivity contribution in [3.63, 3.8) is 0 Å². The normalized spacial score (nSPS) is 13.0. The average Bonchev–Trinajstić information content (AvgIpc) is 2.95. The Morgan fingerprint density at radius 3 is 2.81 bits per heavy atom. The molecule has 1 atom stereocenters. The molecule has 0 bridgehead atoms. The molecule has 5 nitrogen and oxygen atoms in total. The first-order valence-electron chi connectivity index (χ1n) is 7.08. The van der Waals surface area contributed by atoms with Crippen molar-refractivity contribution in [3.8, 4) is 11.5 Å². The third-order valence-electron chi connectivity index (χ3n) is 3.37. The number of hydrogen-bond acceptors (Lipinski definition) is 5. The maximum absolute atomic E-state index is 6.08. The first-order valence-corrected chi connectivity index (χ1v) is 7.08. The van der Waals surface area contributed by atoms with Gasteiger partial charge in [-0.05, 0) is 23.8 Å². The summed E-state index contributed by atoms with van der Waals surface area (Å²) in [4.78, 5) is 8.80. The van der Waals surface area contributed by atoms with Crippen LogP contribution in [0.25, 0.3) is 22.3 Å². The van der Waals surface area contributed by atoms with Crippen molar-refractivity contribution >= 4 is 10.8 Å². The van der Waals surface area contributed by atoms with Crippen molar-refractivity contribution < 1.29 is 4.52 Å². The van der Waals surface area contributed by atoms with Crippen LogP contribution in [0.5, 0.6) is 0 Å². The van der Waals surface area contributed by atoms with Crippen LogP contribution >= 0.6 is 0 Å². The second-order valence-electron chi connectivity index (χ2n) is 5.57. The van der Waals surface area contributed by atoms with Gasteiger partial charge in [0.2, 0.25) is 11.7 Å². The smallest absolute Gasteiger partial charge is 0.243 e. The highest BCUT2D eigenvalue weighted by Crippen LogP contribution is 2.25. The first kappa shape index (κ1) is 13.7. The highest BCUT2D eigenvalue weighted by Gasteiger charge is 2.18. The van der Waals surface area contributed by atoms with E-state index in [0.29, 0.717) is 17.6 Å². The van der Waals surface area contributed by atoms with E-state index in [9.17, 15) is 0 Å². The number of nitrogens with two attached hydrogens (primary N) is 1. The Bertz CT molecular complexity index is 745. The van der Waals surface area contributed by atoms with Gasteiger partial charge < -0.3 is 10.3 Å². The molecule has 3 aromatic rings. The molecule has 0 amide bonds. The zero-order valence-electron chi connectivity index (χ0n) is 12.2. The van der Waals surface area contributed by atoms with Crippen LogP contribution < -0.4 is 5.73 Å². The fourth-order valence-corrected chi connectivity index (χ4v) is 2.39. The molecule has 0 aliphatic rings. The van der Waals surface area contributed by atoms with E-state index in [1.165, 1.54) is 0 Å². The summed E-state index contributed by atoms with van der Waals surface area (Å²) >= 11 is 0. The summed E-state index contributed by atoms with van der Waals surface area (Å²) in [5.41, 5.74) is 6.81. The van der Waals surface area contributed by atoms with Gasteiger partial charge in [0.05, 0.1) is 6.04 Å². The maximum atomic E-state index is 6.08. The molecule has 2 N–H and O–H groups in total. The average molecular weight is 282 g/mol. The Hall–Kier alpha value is -2.27. The summed E-state index contributed by atoms with van der Waals surface area (Å²) in [6.45, 7) is 4.23. The summed E-state index contributed by atoms with van der Waals surface area (Å²) in [5.74, 6) is 1.43. The minimum atomic E-state index is -0.235. The van der Waals surface area contributed by atoms with Gasteiger partial charge >= 0.3 is 0 Å². The van der Waals surface area contributed by atoms with Gasteiger partial charge in [0.15, 0.2) is 0 Å². The second-order valence-corrected chi connectivity index (χ2v) is 5.57. The van der Waals surface area contributed by atoms with E-state index in [1.54, 1.807) is 6.20 Å². The molecule has 0 saturated heterocycles. The SMILES string of the molecule is CC(C)CC(N)c1nc(-c2nccc3ccccc23)no1. The van der Waals surface area contributed by atoms with Crippen LogP contribution in [0, 0.1) is 5.92 Å². The van der Waals surface area contributed by atoms with E-state index in [1.807, 2.05) is 30.3 Å². The Morgan fingerprint density at radius 2 is 2.00 bits per heavy atom. The monoisotopic (exact) mass is 282 g/mol. The van der Waals surface area contributed by atoms with Gasteiger partial charge in [-0.3, -0.25) is 4.98 Å². The van der Waals surface area contributed by atoms with Crippen LogP contribution in [-0.4, -0.2) is 15.1 Å². The number of aromatic nitrogens is 3. The molecule has 0 fully saturated rings. The molecule has 2 aromatic heterocycles. The van der Waals surface area contributed by atoms with Gasteiger partial charge in [-0.1, -0.05) is 43.3 Å². The molecule has 0 aliphatic carbocycles. The fraction of sp³-hybridized carbons (Fsp3) is 0.312. The maximum Gasteiger partial charge on any atom is 0.243 e. The van der Waals surface area contributed by atoms with E-state index < -0.39 is 0 Å². The Kier molecular flexibility index (Phi) is 3.66. The minimum absolute atomic E-state index is 0.235. The molecule has 108 valence electrons. The fourth-order valence-electron chi connectivity index (χ4n) is 2.39. The zero-order valence-corrected chi connectivity index (χ0v) is 12.2. The Morgan fingerprint density at radius 1 is 1.19 bits per heavy atom. The Balaban J connectivity index is 1.99. The van der Waals surface area contributed by atoms with Crippen LogP contribution in [-0.2, 0) is 0 Å². The third kappa shape index (κ3) is 2.78. The molecule has 1 aromatic carbocycles. The summed E-state index contributed by atoms with van der Waals surface area (Å²) in [6, 6.07) is 9.73. The largest absolute Gasteiger partial charge is 0.337 e. The number of rotatable bonds is 4. The number of benzene rings is 1. The lowest BCUT2D eigenvalue weighted by molar-refractivity contribution is 0.335. The van der Waals surface area contributed by atoms with Crippen molar-refractivity contribution in [1.82, 2.24) is 15.1 Å². The lowest BCUT2D eigenvalue weighted by Crippen LogP contribution is -2.13. The van der Waals surface area contributed by atoms with Crippen molar-refractivity contribution in [2.24, 2.45) is 11.7 Å². The molecular formula is C16H18N4O. The lowest BCUT2D eigenvalue weighted by atomic mass is 10.0. The van der Waals surface area contributed by atoms with Gasteiger partial charge in [0.25, 0.3) is 0 Å². The van der Waals surface area contributed by atoms with Crippen molar-refractivity contribution in [2.45, 2.75) is 26.3 Å². The van der Waals surface area contributed by atoms with E-state index in [0.717, 1.165) is 22.9 Å². The molecule has 0 spiro atoms. The summed E-state index contributed by atoms with van der Waals surface area (Å²) in [7, 11) is 0. The van der Waals surface area contributed by atoms with Crippen LogP contribution in [0.3, 0.4) is 0 Å². The predicted octanol–water partition coefficient (Wildman–Crippen LogP) is 3.33. The highest BCUT2D eigenvalue weighted by molar-refractivity contribution is 5.92. The van der Waals surface area contributed by atoms with Crippen molar-refractivity contribution in [2.75, 3.05) is 0 Å². The molecule has 3 rings (SSSR count). The van der Waals surface area contributed by atoms with Crippen LogP contribution in [0.1, 0.15) is 32.2 Å². The molecule has 1 unspecified atom stereocenters. The van der Waals surface area contributed by atoms with E-state index in [2.05, 4.69) is 29.0 Å². The number of fused-ring (bicyclic) bond motifs is 1. The highest BCUT2D eigenvalue weighted by atomic mass is 16.5. The quantitative estimate of drug-likeness (QED) is 0.794. The third-order valence-corrected chi connectivity index (χ3v) is 3.37. The molecule has 21 heavy (non-hydrogen) atoms. The predicted molar refractivity (Wildman–Crippen MR) is 81.4 cm³/mol. The minimum Gasteiger partial charge on any atom is -0.337 e. The van der Waals surface area contributed by atoms with Crippen LogP contribution in [0.4, 0.5) is 0 Å². The summed E-state index contributed by atoms with van der Waals surface area (Å²) < 4.78 is 5.30. The summed E-state index contributed by atoms with van der Waals surface area (Å²) in [6.07, 6.45) is 2.56. The molecule has 0 aliphatic heterocycles. The van der Waals surface area contributed by atoms with Gasteiger partial charge in [0.1, 0.15) is 5.69 Å².